The third kappa shape index (κ3) is 6.85. The molecule has 37 heavy (non-hydrogen) atoms. The Hall–Kier alpha value is -3.02. The number of carbonyl (C=O) groups excluding carboxylic acids is 2. The molecular formula is C26H31N5O4S2. The van der Waals surface area contributed by atoms with Crippen molar-refractivity contribution >= 4 is 33.5 Å². The molecule has 2 heterocycles. The van der Waals surface area contributed by atoms with Crippen molar-refractivity contribution in [2.45, 2.75) is 49.1 Å². The lowest BCUT2D eigenvalue weighted by Crippen LogP contribution is -2.35. The maximum absolute atomic E-state index is 12.9. The molecule has 1 aromatic heterocycles. The number of piperidine rings is 1. The van der Waals surface area contributed by atoms with E-state index in [2.05, 4.69) is 15.5 Å². The van der Waals surface area contributed by atoms with Crippen LogP contribution in [0.15, 0.2) is 64.6 Å². The molecule has 0 radical (unpaired) electrons. The number of rotatable bonds is 11. The summed E-state index contributed by atoms with van der Waals surface area (Å²) in [6, 6.07) is 15.9. The van der Waals surface area contributed by atoms with Gasteiger partial charge in [-0.1, -0.05) is 48.5 Å². The molecule has 3 aromatic rings. The van der Waals surface area contributed by atoms with Crippen molar-refractivity contribution in [2.75, 3.05) is 25.4 Å². The third-order valence-corrected chi connectivity index (χ3v) is 8.97. The monoisotopic (exact) mass is 541 g/mol. The van der Waals surface area contributed by atoms with Crippen molar-refractivity contribution in [2.24, 2.45) is 0 Å². The quantitative estimate of drug-likeness (QED) is 0.225. The van der Waals surface area contributed by atoms with Crippen LogP contribution < -0.4 is 5.32 Å². The highest BCUT2D eigenvalue weighted by molar-refractivity contribution is 7.99. The number of hydrogen-bond donors (Lipinski definition) is 1. The van der Waals surface area contributed by atoms with Gasteiger partial charge in [-0.15, -0.1) is 10.2 Å². The molecule has 0 spiro atoms. The highest BCUT2D eigenvalue weighted by Crippen LogP contribution is 2.25. The Morgan fingerprint density at radius 2 is 1.68 bits per heavy atom. The first-order valence-electron chi connectivity index (χ1n) is 12.4. The molecule has 0 unspecified atom stereocenters. The van der Waals surface area contributed by atoms with Gasteiger partial charge in [0.15, 0.2) is 10.9 Å². The van der Waals surface area contributed by atoms with E-state index >= 15 is 0 Å². The standard InChI is InChI=1S/C26H31N5O4S2/c1-20(32)27-16-8-11-25-28-29-26(31(25)22-9-4-2-5-10-22)36-19-24(33)21-12-14-23(15-13-21)37(34,35)30-17-6-3-7-18-30/h2,4-5,9-10,12-15H,3,6-8,11,16-19H2,1H3,(H,27,32). The Morgan fingerprint density at radius 3 is 2.35 bits per heavy atom. The van der Waals surface area contributed by atoms with E-state index in [1.165, 1.54) is 35.1 Å². The minimum Gasteiger partial charge on any atom is -0.356 e. The van der Waals surface area contributed by atoms with E-state index in [0.29, 0.717) is 43.2 Å². The van der Waals surface area contributed by atoms with Crippen molar-refractivity contribution in [3.05, 3.63) is 66.0 Å². The Bertz CT molecular complexity index is 1320. The summed E-state index contributed by atoms with van der Waals surface area (Å²) < 4.78 is 29.2. The molecule has 196 valence electrons. The van der Waals surface area contributed by atoms with Crippen LogP contribution in [0, 0.1) is 0 Å². The van der Waals surface area contributed by atoms with Gasteiger partial charge in [0, 0.05) is 44.2 Å². The zero-order valence-electron chi connectivity index (χ0n) is 20.8. The highest BCUT2D eigenvalue weighted by atomic mass is 32.2. The van der Waals surface area contributed by atoms with E-state index < -0.39 is 10.0 Å². The smallest absolute Gasteiger partial charge is 0.243 e. The number of nitrogens with one attached hydrogen (secondary N) is 1. The van der Waals surface area contributed by atoms with Crippen LogP contribution in [0.4, 0.5) is 0 Å². The summed E-state index contributed by atoms with van der Waals surface area (Å²) in [6.45, 7) is 3.11. The largest absolute Gasteiger partial charge is 0.356 e. The fourth-order valence-corrected chi connectivity index (χ4v) is 6.57. The molecule has 1 aliphatic rings. The van der Waals surface area contributed by atoms with Crippen LogP contribution >= 0.6 is 11.8 Å². The van der Waals surface area contributed by atoms with Gasteiger partial charge in [-0.2, -0.15) is 4.31 Å². The lowest BCUT2D eigenvalue weighted by molar-refractivity contribution is -0.118. The molecule has 1 saturated heterocycles. The number of benzene rings is 2. The number of aryl methyl sites for hydroxylation is 1. The summed E-state index contributed by atoms with van der Waals surface area (Å²) in [5, 5.41) is 12.0. The van der Waals surface area contributed by atoms with E-state index in [4.69, 9.17) is 0 Å². The second-order valence-electron chi connectivity index (χ2n) is 8.86. The number of sulfonamides is 1. The van der Waals surface area contributed by atoms with E-state index in [1.54, 1.807) is 12.1 Å². The number of Topliss-reactive ketones (excluding diaryl/α,β-unsaturated/α-hetero) is 1. The molecule has 11 heteroatoms. The average molecular weight is 542 g/mol. The van der Waals surface area contributed by atoms with Crippen LogP contribution in [0.5, 0.6) is 0 Å². The van der Waals surface area contributed by atoms with Crippen molar-refractivity contribution in [1.82, 2.24) is 24.4 Å². The summed E-state index contributed by atoms with van der Waals surface area (Å²) >= 11 is 1.29. The number of amides is 1. The van der Waals surface area contributed by atoms with Gasteiger partial charge in [0.2, 0.25) is 15.9 Å². The minimum atomic E-state index is -3.54. The second kappa shape index (κ2) is 12.5. The number of carbonyl (C=O) groups is 2. The van der Waals surface area contributed by atoms with Gasteiger partial charge in [-0.3, -0.25) is 14.2 Å². The molecule has 0 atom stereocenters. The van der Waals surface area contributed by atoms with Crippen LogP contribution in [0.3, 0.4) is 0 Å². The summed E-state index contributed by atoms with van der Waals surface area (Å²) in [7, 11) is -3.54. The molecule has 1 aliphatic heterocycles. The molecule has 0 aliphatic carbocycles. The number of hydrogen-bond acceptors (Lipinski definition) is 7. The molecule has 1 N–H and O–H groups in total. The first-order chi connectivity index (χ1) is 17.9. The van der Waals surface area contributed by atoms with Gasteiger partial charge in [0.05, 0.1) is 10.6 Å². The van der Waals surface area contributed by atoms with Crippen molar-refractivity contribution in [1.29, 1.82) is 0 Å². The van der Waals surface area contributed by atoms with Gasteiger partial charge >= 0.3 is 0 Å². The minimum absolute atomic E-state index is 0.0728. The van der Waals surface area contributed by atoms with Gasteiger partial charge in [-0.25, -0.2) is 8.42 Å². The van der Waals surface area contributed by atoms with Gasteiger partial charge in [0.25, 0.3) is 0 Å². The Labute approximate surface area is 221 Å². The summed E-state index contributed by atoms with van der Waals surface area (Å²) in [5.74, 6) is 0.687. The van der Waals surface area contributed by atoms with Crippen molar-refractivity contribution in [3.8, 4) is 5.69 Å². The lowest BCUT2D eigenvalue weighted by atomic mass is 10.1. The average Bonchev–Trinajstić information content (AvgIpc) is 3.33. The summed E-state index contributed by atoms with van der Waals surface area (Å²) in [6.07, 6.45) is 4.12. The molecule has 1 amide bonds. The van der Waals surface area contributed by atoms with E-state index in [-0.39, 0.29) is 22.3 Å². The molecule has 4 rings (SSSR count). The topological polar surface area (TPSA) is 114 Å². The van der Waals surface area contributed by atoms with Crippen molar-refractivity contribution < 1.29 is 18.0 Å². The lowest BCUT2D eigenvalue weighted by Gasteiger charge is -2.25. The fourth-order valence-electron chi connectivity index (χ4n) is 4.18. The number of thioether (sulfide) groups is 1. The second-order valence-corrected chi connectivity index (χ2v) is 11.7. The van der Waals surface area contributed by atoms with Gasteiger partial charge in [0.1, 0.15) is 5.82 Å². The number of para-hydroxylation sites is 1. The molecule has 9 nitrogen and oxygen atoms in total. The normalized spacial score (nSPS) is 14.4. The van der Waals surface area contributed by atoms with Gasteiger partial charge < -0.3 is 5.32 Å². The number of ketones is 1. The molecule has 0 bridgehead atoms. The maximum atomic E-state index is 12.9. The first kappa shape index (κ1) is 27.0. The molecular weight excluding hydrogens is 510 g/mol. The highest BCUT2D eigenvalue weighted by Gasteiger charge is 2.26. The predicted molar refractivity (Wildman–Crippen MR) is 142 cm³/mol. The predicted octanol–water partition coefficient (Wildman–Crippen LogP) is 3.49. The van der Waals surface area contributed by atoms with Crippen LogP contribution in [0.1, 0.15) is 48.8 Å². The Morgan fingerprint density at radius 1 is 0.973 bits per heavy atom. The molecule has 2 aromatic carbocycles. The number of nitrogens with zero attached hydrogens (tertiary/aromatic N) is 4. The Balaban J connectivity index is 1.44. The van der Waals surface area contributed by atoms with E-state index in [1.807, 2.05) is 34.9 Å². The van der Waals surface area contributed by atoms with Crippen LogP contribution in [-0.4, -0.2) is 64.6 Å². The molecule has 1 fully saturated rings. The van der Waals surface area contributed by atoms with Gasteiger partial charge in [-0.05, 0) is 43.5 Å². The zero-order chi connectivity index (χ0) is 26.3. The summed E-state index contributed by atoms with van der Waals surface area (Å²) in [4.78, 5) is 24.3. The molecule has 0 saturated carbocycles. The van der Waals surface area contributed by atoms with E-state index in [0.717, 1.165) is 30.8 Å². The number of aromatic nitrogens is 3. The fraction of sp³-hybridized carbons (Fsp3) is 0.385. The van der Waals surface area contributed by atoms with Crippen molar-refractivity contribution in [3.63, 3.8) is 0 Å². The van der Waals surface area contributed by atoms with Crippen LogP contribution in [-0.2, 0) is 21.2 Å². The third-order valence-electron chi connectivity index (χ3n) is 6.13. The zero-order valence-corrected chi connectivity index (χ0v) is 22.4. The van der Waals surface area contributed by atoms with Crippen LogP contribution in [0.25, 0.3) is 5.69 Å². The Kier molecular flexibility index (Phi) is 9.12. The van der Waals surface area contributed by atoms with E-state index in [9.17, 15) is 18.0 Å². The SMILES string of the molecule is CC(=O)NCCCc1nnc(SCC(=O)c2ccc(S(=O)(=O)N3CCCCC3)cc2)n1-c1ccccc1. The first-order valence-corrected chi connectivity index (χ1v) is 14.8. The summed E-state index contributed by atoms with van der Waals surface area (Å²) in [5.41, 5.74) is 1.34. The van der Waals surface area contributed by atoms with Crippen LogP contribution in [0.2, 0.25) is 0 Å². The maximum Gasteiger partial charge on any atom is 0.243 e.